The quantitative estimate of drug-likeness (QED) is 0.371. The van der Waals surface area contributed by atoms with Crippen molar-refractivity contribution in [3.63, 3.8) is 0 Å². The van der Waals surface area contributed by atoms with Crippen LogP contribution in [0.4, 0.5) is 23.5 Å². The van der Waals surface area contributed by atoms with Crippen molar-refractivity contribution in [1.29, 1.82) is 0 Å². The van der Waals surface area contributed by atoms with Crippen LogP contribution >= 0.6 is 0 Å². The highest BCUT2D eigenvalue weighted by molar-refractivity contribution is 5.94. The maximum Gasteiger partial charge on any atom is 0.225 e. The Kier molecular flexibility index (Phi) is 5.44. The highest BCUT2D eigenvalue weighted by atomic mass is 16.3. The Labute approximate surface area is 127 Å². The zero-order valence-electron chi connectivity index (χ0n) is 12.5. The fourth-order valence-electron chi connectivity index (χ4n) is 1.86. The van der Waals surface area contributed by atoms with Crippen molar-refractivity contribution in [2.24, 2.45) is 0 Å². The van der Waals surface area contributed by atoms with E-state index in [-0.39, 0.29) is 13.2 Å². The molecular formula is C12H20N8O2. The summed E-state index contributed by atoms with van der Waals surface area (Å²) in [6.07, 6.45) is 0. The van der Waals surface area contributed by atoms with E-state index in [4.69, 9.17) is 10.2 Å². The summed E-state index contributed by atoms with van der Waals surface area (Å²) >= 11 is 0. The van der Waals surface area contributed by atoms with Crippen molar-refractivity contribution >= 4 is 34.6 Å². The molecule has 120 valence electrons. The van der Waals surface area contributed by atoms with E-state index in [9.17, 15) is 0 Å². The lowest BCUT2D eigenvalue weighted by atomic mass is 10.3. The van der Waals surface area contributed by atoms with Gasteiger partial charge in [0.25, 0.3) is 0 Å². The van der Waals surface area contributed by atoms with Crippen LogP contribution in [0.15, 0.2) is 0 Å². The van der Waals surface area contributed by atoms with Crippen molar-refractivity contribution in [1.82, 2.24) is 19.9 Å². The van der Waals surface area contributed by atoms with Crippen LogP contribution in [0.1, 0.15) is 0 Å². The number of nitrogens with one attached hydrogen (secondary N) is 4. The topological polar surface area (TPSA) is 140 Å². The van der Waals surface area contributed by atoms with Gasteiger partial charge in [-0.3, -0.25) is 0 Å². The van der Waals surface area contributed by atoms with Gasteiger partial charge < -0.3 is 31.5 Å². The first-order valence-electron chi connectivity index (χ1n) is 6.88. The number of aliphatic hydroxyl groups is 2. The molecule has 6 N–H and O–H groups in total. The number of anilines is 4. The van der Waals surface area contributed by atoms with Gasteiger partial charge in [0.15, 0.2) is 11.6 Å². The van der Waals surface area contributed by atoms with Gasteiger partial charge in [0.1, 0.15) is 11.0 Å². The lowest BCUT2D eigenvalue weighted by Crippen LogP contribution is -2.13. The Bertz CT molecular complexity index is 581. The smallest absolute Gasteiger partial charge is 0.225 e. The summed E-state index contributed by atoms with van der Waals surface area (Å²) in [4.78, 5) is 17.4. The summed E-state index contributed by atoms with van der Waals surface area (Å²) in [5.74, 6) is 1.83. The fourth-order valence-corrected chi connectivity index (χ4v) is 1.86. The van der Waals surface area contributed by atoms with E-state index >= 15 is 0 Å². The predicted octanol–water partition coefficient (Wildman–Crippen LogP) is -0.688. The molecule has 0 fully saturated rings. The van der Waals surface area contributed by atoms with Crippen molar-refractivity contribution in [2.75, 3.05) is 61.7 Å². The van der Waals surface area contributed by atoms with E-state index in [1.54, 1.807) is 14.1 Å². The lowest BCUT2D eigenvalue weighted by Gasteiger charge is -2.12. The number of aliphatic hydroxyl groups excluding tert-OH is 2. The summed E-state index contributed by atoms with van der Waals surface area (Å²) in [5.41, 5.74) is 1.11. The third kappa shape index (κ3) is 3.40. The molecule has 0 aromatic carbocycles. The monoisotopic (exact) mass is 308 g/mol. The zero-order valence-corrected chi connectivity index (χ0v) is 12.5. The van der Waals surface area contributed by atoms with Gasteiger partial charge >= 0.3 is 0 Å². The molecule has 0 radical (unpaired) electrons. The SMILES string of the molecule is CNc1nc(NCCO)nc2c(NC)nc(NCCO)nc12. The minimum atomic E-state index is -0.0182. The summed E-state index contributed by atoms with van der Waals surface area (Å²) < 4.78 is 0. The van der Waals surface area contributed by atoms with Crippen molar-refractivity contribution in [3.05, 3.63) is 0 Å². The standard InChI is InChI=1S/C12H20N8O2/c1-13-9-7-8(18-11(19-9)15-3-5-21)10(14-2)20-12(17-7)16-4-6-22/h21-22H,3-6H2,1-2H3,(H2,13,15,18,19)(H2,14,16,17,20). The Morgan fingerprint density at radius 1 is 0.727 bits per heavy atom. The maximum absolute atomic E-state index is 8.89. The molecular weight excluding hydrogens is 288 g/mol. The first-order chi connectivity index (χ1) is 10.7. The van der Waals surface area contributed by atoms with Crippen LogP contribution in [0.5, 0.6) is 0 Å². The summed E-state index contributed by atoms with van der Waals surface area (Å²) in [5, 5.41) is 29.6. The molecule has 2 aromatic heterocycles. The molecule has 0 atom stereocenters. The summed E-state index contributed by atoms with van der Waals surface area (Å²) in [6.45, 7) is 0.659. The van der Waals surface area contributed by atoms with Gasteiger partial charge in [0.2, 0.25) is 11.9 Å². The van der Waals surface area contributed by atoms with Crippen LogP contribution in [-0.4, -0.2) is 70.5 Å². The van der Waals surface area contributed by atoms with Gasteiger partial charge in [-0.2, -0.15) is 9.97 Å². The summed E-state index contributed by atoms with van der Waals surface area (Å²) in [6, 6.07) is 0. The normalized spacial score (nSPS) is 10.5. The molecule has 0 unspecified atom stereocenters. The number of rotatable bonds is 8. The number of hydrogen-bond acceptors (Lipinski definition) is 10. The molecule has 0 amide bonds. The molecule has 2 rings (SSSR count). The molecule has 0 bridgehead atoms. The number of aromatic nitrogens is 4. The molecule has 0 aliphatic heterocycles. The molecule has 0 aliphatic carbocycles. The molecule has 10 heteroatoms. The van der Waals surface area contributed by atoms with E-state index in [0.717, 1.165) is 0 Å². The maximum atomic E-state index is 8.89. The van der Waals surface area contributed by atoms with Crippen LogP contribution < -0.4 is 21.3 Å². The van der Waals surface area contributed by atoms with Gasteiger partial charge in [-0.15, -0.1) is 0 Å². The first kappa shape index (κ1) is 15.9. The Morgan fingerprint density at radius 3 is 1.45 bits per heavy atom. The molecule has 0 saturated carbocycles. The number of hydrogen-bond donors (Lipinski definition) is 6. The molecule has 0 aliphatic rings. The molecule has 2 heterocycles. The van der Waals surface area contributed by atoms with Crippen LogP contribution in [0.3, 0.4) is 0 Å². The molecule has 0 spiro atoms. The van der Waals surface area contributed by atoms with Crippen LogP contribution in [0.25, 0.3) is 11.0 Å². The number of fused-ring (bicyclic) bond motifs is 1. The average Bonchev–Trinajstić information content (AvgIpc) is 2.56. The lowest BCUT2D eigenvalue weighted by molar-refractivity contribution is 0.310. The van der Waals surface area contributed by atoms with Crippen LogP contribution in [0, 0.1) is 0 Å². The molecule has 22 heavy (non-hydrogen) atoms. The number of nitrogens with zero attached hydrogens (tertiary/aromatic N) is 4. The average molecular weight is 308 g/mol. The second-order valence-electron chi connectivity index (χ2n) is 4.29. The van der Waals surface area contributed by atoms with Gasteiger partial charge in [-0.25, -0.2) is 9.97 Å². The predicted molar refractivity (Wildman–Crippen MR) is 85.4 cm³/mol. The highest BCUT2D eigenvalue weighted by Gasteiger charge is 2.14. The second kappa shape index (κ2) is 7.52. The molecule has 0 saturated heterocycles. The van der Waals surface area contributed by atoms with Crippen molar-refractivity contribution in [3.8, 4) is 0 Å². The van der Waals surface area contributed by atoms with Gasteiger partial charge in [-0.1, -0.05) is 0 Å². The van der Waals surface area contributed by atoms with E-state index in [1.807, 2.05) is 0 Å². The Balaban J connectivity index is 2.53. The van der Waals surface area contributed by atoms with Gasteiger partial charge in [-0.05, 0) is 0 Å². The van der Waals surface area contributed by atoms with Crippen LogP contribution in [-0.2, 0) is 0 Å². The van der Waals surface area contributed by atoms with E-state index in [2.05, 4.69) is 41.2 Å². The molecule has 10 nitrogen and oxygen atoms in total. The third-order valence-corrected chi connectivity index (χ3v) is 2.81. The van der Waals surface area contributed by atoms with Crippen molar-refractivity contribution < 1.29 is 10.2 Å². The van der Waals surface area contributed by atoms with Crippen molar-refractivity contribution in [2.45, 2.75) is 0 Å². The minimum Gasteiger partial charge on any atom is -0.395 e. The third-order valence-electron chi connectivity index (χ3n) is 2.81. The second-order valence-corrected chi connectivity index (χ2v) is 4.29. The van der Waals surface area contributed by atoms with Gasteiger partial charge in [0, 0.05) is 27.2 Å². The fraction of sp³-hybridized carbons (Fsp3) is 0.500. The Hall–Kier alpha value is -2.46. The molecule has 2 aromatic rings. The first-order valence-corrected chi connectivity index (χ1v) is 6.88. The largest absolute Gasteiger partial charge is 0.395 e. The zero-order chi connectivity index (χ0) is 15.9. The van der Waals surface area contributed by atoms with Crippen LogP contribution in [0.2, 0.25) is 0 Å². The highest BCUT2D eigenvalue weighted by Crippen LogP contribution is 2.26. The van der Waals surface area contributed by atoms with E-state index < -0.39 is 0 Å². The van der Waals surface area contributed by atoms with E-state index in [1.165, 1.54) is 0 Å². The Morgan fingerprint density at radius 2 is 1.14 bits per heavy atom. The van der Waals surface area contributed by atoms with E-state index in [0.29, 0.717) is 47.7 Å². The van der Waals surface area contributed by atoms with Gasteiger partial charge in [0.05, 0.1) is 13.2 Å². The summed E-state index contributed by atoms with van der Waals surface area (Å²) in [7, 11) is 3.47. The minimum absolute atomic E-state index is 0.0182.